The first-order valence-electron chi connectivity index (χ1n) is 11.5. The molecule has 3 nitrogen and oxygen atoms in total. The van der Waals surface area contributed by atoms with E-state index < -0.39 is 14.0 Å². The Bertz CT molecular complexity index is 528. The van der Waals surface area contributed by atoms with Gasteiger partial charge in [0.1, 0.15) is 0 Å². The van der Waals surface area contributed by atoms with Crippen molar-refractivity contribution in [2.75, 3.05) is 11.9 Å². The van der Waals surface area contributed by atoms with Crippen LogP contribution in [0.2, 0.25) is 25.2 Å². The highest BCUT2D eigenvalue weighted by molar-refractivity contribution is 6.77. The first kappa shape index (κ1) is 24.7. The van der Waals surface area contributed by atoms with Crippen LogP contribution < -0.4 is 5.32 Å². The van der Waals surface area contributed by atoms with E-state index in [2.05, 4.69) is 25.3 Å². The summed E-state index contributed by atoms with van der Waals surface area (Å²) in [7, 11) is -1.00. The van der Waals surface area contributed by atoms with Gasteiger partial charge in [-0.25, -0.2) is 4.79 Å². The smallest absolute Gasteiger partial charge is 0.335 e. The summed E-state index contributed by atoms with van der Waals surface area (Å²) < 4.78 is 0. The van der Waals surface area contributed by atoms with Gasteiger partial charge in [-0.15, -0.1) is 0 Å². The van der Waals surface area contributed by atoms with Gasteiger partial charge in [0.15, 0.2) is 0 Å². The van der Waals surface area contributed by atoms with Crippen LogP contribution in [0.3, 0.4) is 0 Å². The highest BCUT2D eigenvalue weighted by Crippen LogP contribution is 2.23. The van der Waals surface area contributed by atoms with Gasteiger partial charge in [0.25, 0.3) is 0 Å². The van der Waals surface area contributed by atoms with Crippen molar-refractivity contribution in [2.45, 2.75) is 103 Å². The number of hydrogen-bond donors (Lipinski definition) is 2. The normalized spacial score (nSPS) is 11.5. The monoisotopic (exact) mass is 405 g/mol. The van der Waals surface area contributed by atoms with Crippen molar-refractivity contribution in [2.24, 2.45) is 0 Å². The first-order chi connectivity index (χ1) is 13.4. The fourth-order valence-corrected chi connectivity index (χ4v) is 6.40. The lowest BCUT2D eigenvalue weighted by atomic mass is 10.1. The van der Waals surface area contributed by atoms with Gasteiger partial charge >= 0.3 is 5.97 Å². The molecule has 0 heterocycles. The molecule has 0 aromatic heterocycles. The number of hydrogen-bond acceptors (Lipinski definition) is 2. The summed E-state index contributed by atoms with van der Waals surface area (Å²) in [5, 5.41) is 12.3. The van der Waals surface area contributed by atoms with Gasteiger partial charge in [0, 0.05) is 20.3 Å². The van der Waals surface area contributed by atoms with Gasteiger partial charge in [0.2, 0.25) is 0 Å². The molecule has 1 rings (SSSR count). The van der Waals surface area contributed by atoms with Crippen molar-refractivity contribution in [3.63, 3.8) is 0 Å². The summed E-state index contributed by atoms with van der Waals surface area (Å²) in [6, 6.07) is 9.97. The zero-order valence-electron chi connectivity index (χ0n) is 18.6. The third-order valence-corrected chi connectivity index (χ3v) is 9.11. The number of unbranched alkanes of at least 4 members (excludes halogenated alkanes) is 9. The Morgan fingerprint density at radius 2 is 1.32 bits per heavy atom. The molecule has 0 bridgehead atoms. The Kier molecular flexibility index (Phi) is 13.0. The van der Waals surface area contributed by atoms with E-state index >= 15 is 0 Å². The van der Waals surface area contributed by atoms with Gasteiger partial charge in [-0.2, -0.15) is 0 Å². The average molecular weight is 406 g/mol. The van der Waals surface area contributed by atoms with Crippen LogP contribution in [-0.4, -0.2) is 25.7 Å². The molecule has 0 aliphatic carbocycles. The highest BCUT2D eigenvalue weighted by atomic mass is 28.3. The van der Waals surface area contributed by atoms with Crippen LogP contribution in [0.1, 0.15) is 87.9 Å². The molecule has 0 aliphatic rings. The Hall–Kier alpha value is -1.29. The van der Waals surface area contributed by atoms with Crippen LogP contribution in [0.15, 0.2) is 24.3 Å². The third-order valence-electron chi connectivity index (χ3n) is 5.70. The number of carboxylic acids is 1. The van der Waals surface area contributed by atoms with Crippen molar-refractivity contribution < 1.29 is 9.90 Å². The maximum atomic E-state index is 10.9. The lowest BCUT2D eigenvalue weighted by molar-refractivity contribution is 0.0697. The van der Waals surface area contributed by atoms with Crippen LogP contribution >= 0.6 is 0 Å². The topological polar surface area (TPSA) is 49.3 Å². The molecular formula is C24H43NO2Si. The van der Waals surface area contributed by atoms with Crippen molar-refractivity contribution in [3.8, 4) is 0 Å². The summed E-state index contributed by atoms with van der Waals surface area (Å²) in [4.78, 5) is 10.9. The van der Waals surface area contributed by atoms with Gasteiger partial charge in [0.05, 0.1) is 5.56 Å². The Balaban J connectivity index is 2.01. The van der Waals surface area contributed by atoms with Crippen LogP contribution in [0, 0.1) is 0 Å². The second-order valence-electron chi connectivity index (χ2n) is 9.01. The van der Waals surface area contributed by atoms with E-state index in [1.165, 1.54) is 82.7 Å². The minimum Gasteiger partial charge on any atom is -0.478 e. The second-order valence-corrected chi connectivity index (χ2v) is 14.3. The zero-order chi connectivity index (χ0) is 20.7. The molecule has 0 spiro atoms. The Morgan fingerprint density at radius 1 is 0.821 bits per heavy atom. The third kappa shape index (κ3) is 12.2. The summed E-state index contributed by atoms with van der Waals surface area (Å²) in [5.41, 5.74) is 1.35. The van der Waals surface area contributed by atoms with E-state index in [1.807, 2.05) is 12.1 Å². The van der Waals surface area contributed by atoms with E-state index in [-0.39, 0.29) is 0 Å². The molecule has 0 saturated heterocycles. The van der Waals surface area contributed by atoms with Crippen LogP contribution in [0.5, 0.6) is 0 Å². The van der Waals surface area contributed by atoms with Crippen molar-refractivity contribution in [1.29, 1.82) is 0 Å². The SMILES string of the molecule is CCCCCCCCCC[Si](C)(C)CCCCCNc1ccc(C(=O)O)cc1. The Morgan fingerprint density at radius 3 is 1.86 bits per heavy atom. The van der Waals surface area contributed by atoms with Crippen LogP contribution in [0.25, 0.3) is 0 Å². The fourth-order valence-electron chi connectivity index (χ4n) is 3.73. The molecule has 0 aliphatic heterocycles. The lowest BCUT2D eigenvalue weighted by Crippen LogP contribution is -2.24. The van der Waals surface area contributed by atoms with Gasteiger partial charge in [-0.1, -0.05) is 96.3 Å². The molecule has 0 amide bonds. The summed E-state index contributed by atoms with van der Waals surface area (Å²) in [6.45, 7) is 8.38. The van der Waals surface area contributed by atoms with E-state index in [1.54, 1.807) is 12.1 Å². The predicted octanol–water partition coefficient (Wildman–Crippen LogP) is 7.82. The van der Waals surface area contributed by atoms with E-state index in [4.69, 9.17) is 5.11 Å². The molecule has 0 fully saturated rings. The lowest BCUT2D eigenvalue weighted by Gasteiger charge is -2.22. The van der Waals surface area contributed by atoms with E-state index in [0.29, 0.717) is 5.56 Å². The fraction of sp³-hybridized carbons (Fsp3) is 0.708. The zero-order valence-corrected chi connectivity index (χ0v) is 19.6. The average Bonchev–Trinajstić information content (AvgIpc) is 2.67. The number of carbonyl (C=O) groups is 1. The maximum absolute atomic E-state index is 10.9. The maximum Gasteiger partial charge on any atom is 0.335 e. The number of anilines is 1. The predicted molar refractivity (Wildman–Crippen MR) is 125 cm³/mol. The van der Waals surface area contributed by atoms with E-state index in [9.17, 15) is 4.79 Å². The standard InChI is InChI=1S/C24H43NO2Si/c1-4-5-6-7-8-9-10-13-20-28(2,3)21-14-11-12-19-25-23-17-15-22(16-18-23)24(26)27/h15-18,25H,4-14,19-21H2,1-3H3,(H,26,27). The second kappa shape index (κ2) is 14.7. The van der Waals surface area contributed by atoms with Crippen molar-refractivity contribution in [1.82, 2.24) is 0 Å². The van der Waals surface area contributed by atoms with Gasteiger partial charge in [-0.3, -0.25) is 0 Å². The van der Waals surface area contributed by atoms with Gasteiger partial charge < -0.3 is 10.4 Å². The number of carboxylic acid groups (broad SMARTS) is 1. The molecule has 2 N–H and O–H groups in total. The minimum absolute atomic E-state index is 0.342. The largest absolute Gasteiger partial charge is 0.478 e. The molecule has 28 heavy (non-hydrogen) atoms. The number of aromatic carboxylic acids is 1. The first-order valence-corrected chi connectivity index (χ1v) is 14.9. The number of benzene rings is 1. The van der Waals surface area contributed by atoms with Crippen molar-refractivity contribution >= 4 is 19.7 Å². The molecule has 1 aromatic rings. The summed E-state index contributed by atoms with van der Waals surface area (Å²) in [5.74, 6) is -0.870. The molecule has 0 saturated carbocycles. The highest BCUT2D eigenvalue weighted by Gasteiger charge is 2.18. The van der Waals surface area contributed by atoms with Gasteiger partial charge in [-0.05, 0) is 30.7 Å². The van der Waals surface area contributed by atoms with Crippen LogP contribution in [-0.2, 0) is 0 Å². The molecule has 0 atom stereocenters. The molecule has 160 valence electrons. The van der Waals surface area contributed by atoms with Crippen molar-refractivity contribution in [3.05, 3.63) is 29.8 Å². The van der Waals surface area contributed by atoms with Crippen LogP contribution in [0.4, 0.5) is 5.69 Å². The quantitative estimate of drug-likeness (QED) is 0.205. The summed E-state index contributed by atoms with van der Waals surface area (Å²) in [6.07, 6.45) is 15.2. The molecule has 1 aromatic carbocycles. The molecule has 0 radical (unpaired) electrons. The van der Waals surface area contributed by atoms with E-state index in [0.717, 1.165) is 12.2 Å². The molecule has 0 unspecified atom stereocenters. The number of nitrogens with one attached hydrogen (secondary N) is 1. The summed E-state index contributed by atoms with van der Waals surface area (Å²) >= 11 is 0. The number of rotatable bonds is 17. The minimum atomic E-state index is -1.00. The molecular weight excluding hydrogens is 362 g/mol. The molecule has 4 heteroatoms. The Labute approximate surface area is 174 Å².